The van der Waals surface area contributed by atoms with E-state index in [-0.39, 0.29) is 0 Å². The molecule has 0 amide bonds. The number of anilines is 1. The Bertz CT molecular complexity index is 632. The fourth-order valence-electron chi connectivity index (χ4n) is 2.00. The minimum Gasteiger partial charge on any atom is -0.497 e. The molecule has 0 saturated heterocycles. The van der Waals surface area contributed by atoms with E-state index in [9.17, 15) is 0 Å². The van der Waals surface area contributed by atoms with E-state index < -0.39 is 0 Å². The Balaban J connectivity index is 1.92. The summed E-state index contributed by atoms with van der Waals surface area (Å²) in [6.07, 6.45) is 0. The molecule has 0 spiro atoms. The van der Waals surface area contributed by atoms with Crippen LogP contribution in [0.5, 0.6) is 11.5 Å². The second-order valence-corrected chi connectivity index (χ2v) is 4.99. The van der Waals surface area contributed by atoms with Gasteiger partial charge < -0.3 is 20.1 Å². The smallest absolute Gasteiger partial charge is 0.171 e. The van der Waals surface area contributed by atoms with Crippen LogP contribution in [0.2, 0.25) is 0 Å². The topological polar surface area (TPSA) is 42.5 Å². The molecule has 116 valence electrons. The summed E-state index contributed by atoms with van der Waals surface area (Å²) in [4.78, 5) is 0. The molecule has 5 heteroatoms. The Hall–Kier alpha value is -2.27. The number of ether oxygens (including phenoxy) is 2. The Morgan fingerprint density at radius 1 is 1.14 bits per heavy atom. The predicted octanol–water partition coefficient (Wildman–Crippen LogP) is 3.58. The molecule has 2 aromatic rings. The molecule has 0 radical (unpaired) electrons. The third kappa shape index (κ3) is 4.63. The number of nitrogens with one attached hydrogen (secondary N) is 2. The lowest BCUT2D eigenvalue weighted by Crippen LogP contribution is -2.28. The van der Waals surface area contributed by atoms with Crippen LogP contribution in [0.25, 0.3) is 0 Å². The maximum Gasteiger partial charge on any atom is 0.171 e. The zero-order chi connectivity index (χ0) is 15.8. The van der Waals surface area contributed by atoms with Crippen LogP contribution < -0.4 is 20.1 Å². The maximum absolute atomic E-state index is 5.60. The largest absolute Gasteiger partial charge is 0.497 e. The SMILES string of the molecule is CCOc1ccccc1CNC(=S)Nc1cccc(OC)c1. The normalized spacial score (nSPS) is 9.91. The first-order valence-electron chi connectivity index (χ1n) is 7.12. The molecule has 4 nitrogen and oxygen atoms in total. The molecule has 0 aromatic heterocycles. The molecule has 2 N–H and O–H groups in total. The van der Waals surface area contributed by atoms with Gasteiger partial charge in [-0.05, 0) is 37.3 Å². The van der Waals surface area contributed by atoms with Crippen LogP contribution in [-0.2, 0) is 6.54 Å². The van der Waals surface area contributed by atoms with Gasteiger partial charge in [-0.2, -0.15) is 0 Å². The zero-order valence-corrected chi connectivity index (χ0v) is 13.6. The van der Waals surface area contributed by atoms with Gasteiger partial charge in [0.25, 0.3) is 0 Å². The lowest BCUT2D eigenvalue weighted by molar-refractivity contribution is 0.336. The number of benzene rings is 2. The third-order valence-corrected chi connectivity index (χ3v) is 3.29. The molecule has 0 atom stereocenters. The van der Waals surface area contributed by atoms with E-state index >= 15 is 0 Å². The van der Waals surface area contributed by atoms with Gasteiger partial charge in [-0.15, -0.1) is 0 Å². The lowest BCUT2D eigenvalue weighted by atomic mass is 10.2. The Morgan fingerprint density at radius 3 is 2.73 bits per heavy atom. The summed E-state index contributed by atoms with van der Waals surface area (Å²) >= 11 is 5.32. The van der Waals surface area contributed by atoms with Gasteiger partial charge in [0.05, 0.1) is 13.7 Å². The second-order valence-electron chi connectivity index (χ2n) is 4.58. The first-order valence-corrected chi connectivity index (χ1v) is 7.53. The molecule has 0 fully saturated rings. The van der Waals surface area contributed by atoms with E-state index in [1.165, 1.54) is 0 Å². The van der Waals surface area contributed by atoms with Crippen molar-refractivity contribution in [2.45, 2.75) is 13.5 Å². The first kappa shape index (κ1) is 16.1. The van der Waals surface area contributed by atoms with Crippen LogP contribution >= 0.6 is 12.2 Å². The highest BCUT2D eigenvalue weighted by molar-refractivity contribution is 7.80. The molecule has 2 aromatic carbocycles. The van der Waals surface area contributed by atoms with Gasteiger partial charge in [-0.25, -0.2) is 0 Å². The van der Waals surface area contributed by atoms with Crippen molar-refractivity contribution in [2.75, 3.05) is 19.0 Å². The highest BCUT2D eigenvalue weighted by atomic mass is 32.1. The Kier molecular flexibility index (Phi) is 6.03. The first-order chi connectivity index (χ1) is 10.7. The second kappa shape index (κ2) is 8.24. The number of hydrogen-bond acceptors (Lipinski definition) is 3. The van der Waals surface area contributed by atoms with Crippen molar-refractivity contribution in [1.82, 2.24) is 5.32 Å². The van der Waals surface area contributed by atoms with Crippen molar-refractivity contribution in [3.8, 4) is 11.5 Å². The zero-order valence-electron chi connectivity index (χ0n) is 12.8. The number of thiocarbonyl (C=S) groups is 1. The highest BCUT2D eigenvalue weighted by Crippen LogP contribution is 2.18. The van der Waals surface area contributed by atoms with E-state index in [1.54, 1.807) is 7.11 Å². The van der Waals surface area contributed by atoms with Gasteiger partial charge in [-0.3, -0.25) is 0 Å². The van der Waals surface area contributed by atoms with Crippen molar-refractivity contribution in [1.29, 1.82) is 0 Å². The highest BCUT2D eigenvalue weighted by Gasteiger charge is 2.04. The van der Waals surface area contributed by atoms with Gasteiger partial charge in [-0.1, -0.05) is 24.3 Å². The Morgan fingerprint density at radius 2 is 1.95 bits per heavy atom. The molecule has 0 aliphatic carbocycles. The fourth-order valence-corrected chi connectivity index (χ4v) is 2.19. The quantitative estimate of drug-likeness (QED) is 0.797. The molecule has 0 unspecified atom stereocenters. The van der Waals surface area contributed by atoms with Crippen LogP contribution in [0.1, 0.15) is 12.5 Å². The summed E-state index contributed by atoms with van der Waals surface area (Å²) < 4.78 is 10.8. The predicted molar refractivity (Wildman–Crippen MR) is 93.7 cm³/mol. The number of para-hydroxylation sites is 1. The molecular formula is C17H20N2O2S. The fraction of sp³-hybridized carbons (Fsp3) is 0.235. The minimum absolute atomic E-state index is 0.555. The number of rotatable bonds is 6. The van der Waals surface area contributed by atoms with Crippen molar-refractivity contribution >= 4 is 23.0 Å². The minimum atomic E-state index is 0.555. The molecule has 2 rings (SSSR count). The summed E-state index contributed by atoms with van der Waals surface area (Å²) in [7, 11) is 1.64. The van der Waals surface area contributed by atoms with Crippen LogP contribution in [0.3, 0.4) is 0 Å². The average molecular weight is 316 g/mol. The summed E-state index contributed by atoms with van der Waals surface area (Å²) in [5.41, 5.74) is 1.95. The van der Waals surface area contributed by atoms with Crippen LogP contribution in [-0.4, -0.2) is 18.8 Å². The summed E-state index contributed by atoms with van der Waals surface area (Å²) in [5, 5.41) is 6.88. The molecule has 22 heavy (non-hydrogen) atoms. The van der Waals surface area contributed by atoms with Crippen molar-refractivity contribution in [2.24, 2.45) is 0 Å². The summed E-state index contributed by atoms with van der Waals surface area (Å²) in [6, 6.07) is 15.5. The summed E-state index contributed by atoms with van der Waals surface area (Å²) in [6.45, 7) is 3.22. The summed E-state index contributed by atoms with van der Waals surface area (Å²) in [5.74, 6) is 1.66. The van der Waals surface area contributed by atoms with Gasteiger partial charge in [0, 0.05) is 23.9 Å². The molecule has 0 saturated carbocycles. The van der Waals surface area contributed by atoms with Crippen LogP contribution in [0.4, 0.5) is 5.69 Å². The number of hydrogen-bond donors (Lipinski definition) is 2. The molecule has 0 aliphatic rings. The van der Waals surface area contributed by atoms with E-state index in [0.29, 0.717) is 18.3 Å². The Labute approximate surface area is 136 Å². The molecule has 0 heterocycles. The molecule has 0 bridgehead atoms. The van der Waals surface area contributed by atoms with E-state index in [1.807, 2.05) is 55.5 Å². The van der Waals surface area contributed by atoms with E-state index in [4.69, 9.17) is 21.7 Å². The van der Waals surface area contributed by atoms with Gasteiger partial charge in [0.15, 0.2) is 5.11 Å². The van der Waals surface area contributed by atoms with Crippen molar-refractivity contribution < 1.29 is 9.47 Å². The monoisotopic (exact) mass is 316 g/mol. The van der Waals surface area contributed by atoms with Crippen LogP contribution in [0.15, 0.2) is 48.5 Å². The van der Waals surface area contributed by atoms with Crippen LogP contribution in [0, 0.1) is 0 Å². The van der Waals surface area contributed by atoms with E-state index in [2.05, 4.69) is 10.6 Å². The van der Waals surface area contributed by atoms with Gasteiger partial charge in [0.1, 0.15) is 11.5 Å². The standard InChI is InChI=1S/C17H20N2O2S/c1-3-21-16-10-5-4-7-13(16)12-18-17(22)19-14-8-6-9-15(11-14)20-2/h4-11H,3,12H2,1-2H3,(H2,18,19,22). The molecular weight excluding hydrogens is 296 g/mol. The average Bonchev–Trinajstić information content (AvgIpc) is 2.54. The lowest BCUT2D eigenvalue weighted by Gasteiger charge is -2.13. The van der Waals surface area contributed by atoms with Crippen molar-refractivity contribution in [3.05, 3.63) is 54.1 Å². The molecule has 0 aliphatic heterocycles. The maximum atomic E-state index is 5.60. The third-order valence-electron chi connectivity index (χ3n) is 3.04. The van der Waals surface area contributed by atoms with E-state index in [0.717, 1.165) is 22.7 Å². The number of methoxy groups -OCH3 is 1. The van der Waals surface area contributed by atoms with Gasteiger partial charge >= 0.3 is 0 Å². The van der Waals surface area contributed by atoms with Gasteiger partial charge in [0.2, 0.25) is 0 Å². The van der Waals surface area contributed by atoms with Crippen molar-refractivity contribution in [3.63, 3.8) is 0 Å².